The van der Waals surface area contributed by atoms with E-state index in [1.165, 1.54) is 11.3 Å². The molecule has 3 heterocycles. The van der Waals surface area contributed by atoms with Crippen LogP contribution in [0.3, 0.4) is 0 Å². The summed E-state index contributed by atoms with van der Waals surface area (Å²) in [5, 5.41) is 2.56. The highest BCUT2D eigenvalue weighted by Crippen LogP contribution is 2.36. The lowest BCUT2D eigenvalue weighted by molar-refractivity contribution is 0.299. The van der Waals surface area contributed by atoms with Crippen LogP contribution in [0.5, 0.6) is 0 Å². The van der Waals surface area contributed by atoms with Crippen molar-refractivity contribution in [3.05, 3.63) is 28.5 Å². The smallest absolute Gasteiger partial charge is 0.220 e. The summed E-state index contributed by atoms with van der Waals surface area (Å²) < 4.78 is 0. The molecule has 0 spiro atoms. The highest BCUT2D eigenvalue weighted by atomic mass is 32.1. The maximum absolute atomic E-state index is 5.67. The van der Waals surface area contributed by atoms with Crippen molar-refractivity contribution in [1.29, 1.82) is 0 Å². The van der Waals surface area contributed by atoms with E-state index in [0.29, 0.717) is 11.1 Å². The van der Waals surface area contributed by atoms with Crippen molar-refractivity contribution in [3.8, 4) is 0 Å². The van der Waals surface area contributed by atoms with Crippen LogP contribution in [0.15, 0.2) is 11.6 Å². The summed E-state index contributed by atoms with van der Waals surface area (Å²) in [5.74, 6) is 0.315. The molecule has 3 rings (SSSR count). The Labute approximate surface area is 102 Å². The van der Waals surface area contributed by atoms with E-state index in [2.05, 4.69) is 19.9 Å². The standard InChI is InChI=1S/C10H12N6S/c1-16-3-6-5(2-13-9(11)14-6)8(16)7-4-17-10(12)15-7/h2,4,8H,3H2,1H3,(H2,12,15)(H2,11,13,14). The molecule has 0 saturated carbocycles. The number of nitrogens with zero attached hydrogens (tertiary/aromatic N) is 4. The fraction of sp³-hybridized carbons (Fsp3) is 0.300. The van der Waals surface area contributed by atoms with Crippen molar-refractivity contribution >= 4 is 22.4 Å². The molecular formula is C10H12N6S. The quantitative estimate of drug-likeness (QED) is 0.769. The zero-order valence-electron chi connectivity index (χ0n) is 9.29. The molecule has 4 N–H and O–H groups in total. The number of rotatable bonds is 1. The summed E-state index contributed by atoms with van der Waals surface area (Å²) >= 11 is 1.45. The number of hydrogen-bond donors (Lipinski definition) is 2. The van der Waals surface area contributed by atoms with Crippen LogP contribution in [0.2, 0.25) is 0 Å². The predicted octanol–water partition coefficient (Wildman–Crippen LogP) is 0.632. The number of fused-ring (bicyclic) bond motifs is 1. The third kappa shape index (κ3) is 1.63. The summed E-state index contributed by atoms with van der Waals surface area (Å²) in [7, 11) is 2.03. The van der Waals surface area contributed by atoms with E-state index in [0.717, 1.165) is 23.5 Å². The van der Waals surface area contributed by atoms with Gasteiger partial charge in [-0.1, -0.05) is 0 Å². The van der Waals surface area contributed by atoms with Crippen LogP contribution in [-0.4, -0.2) is 26.9 Å². The number of nitrogens with two attached hydrogens (primary N) is 2. The zero-order chi connectivity index (χ0) is 12.0. The second kappa shape index (κ2) is 3.64. The molecule has 0 bridgehead atoms. The molecule has 0 amide bonds. The molecule has 2 aromatic heterocycles. The van der Waals surface area contributed by atoms with Crippen molar-refractivity contribution in [2.75, 3.05) is 18.5 Å². The molecule has 1 unspecified atom stereocenters. The van der Waals surface area contributed by atoms with Gasteiger partial charge >= 0.3 is 0 Å². The summed E-state index contributed by atoms with van der Waals surface area (Å²) in [5.41, 5.74) is 14.2. The average molecular weight is 248 g/mol. The van der Waals surface area contributed by atoms with Gasteiger partial charge in [0.15, 0.2) is 5.13 Å². The van der Waals surface area contributed by atoms with Gasteiger partial charge in [0.25, 0.3) is 0 Å². The fourth-order valence-electron chi connectivity index (χ4n) is 2.17. The van der Waals surface area contributed by atoms with Crippen LogP contribution in [0.1, 0.15) is 23.0 Å². The van der Waals surface area contributed by atoms with Crippen LogP contribution in [0.25, 0.3) is 0 Å². The lowest BCUT2D eigenvalue weighted by Crippen LogP contribution is -2.18. The molecule has 0 aliphatic carbocycles. The van der Waals surface area contributed by atoms with E-state index in [-0.39, 0.29) is 6.04 Å². The minimum atomic E-state index is 0.0825. The third-order valence-electron chi connectivity index (χ3n) is 2.87. The number of anilines is 2. The molecule has 1 atom stereocenters. The summed E-state index contributed by atoms with van der Waals surface area (Å²) in [6, 6.07) is 0.0825. The molecule has 6 nitrogen and oxygen atoms in total. The number of thiazole rings is 1. The Bertz CT molecular complexity index is 566. The average Bonchev–Trinajstić information content (AvgIpc) is 2.80. The Hall–Kier alpha value is -1.73. The van der Waals surface area contributed by atoms with Crippen molar-refractivity contribution in [2.45, 2.75) is 12.6 Å². The first kappa shape index (κ1) is 10.4. The Kier molecular flexibility index (Phi) is 2.23. The van der Waals surface area contributed by atoms with Gasteiger partial charge in [0, 0.05) is 23.7 Å². The second-order valence-corrected chi connectivity index (χ2v) is 4.95. The summed E-state index contributed by atoms with van der Waals surface area (Å²) in [4.78, 5) is 14.8. The van der Waals surface area contributed by atoms with Gasteiger partial charge in [0.05, 0.1) is 17.4 Å². The van der Waals surface area contributed by atoms with Gasteiger partial charge in [-0.3, -0.25) is 4.90 Å². The molecule has 0 fully saturated rings. The second-order valence-electron chi connectivity index (χ2n) is 4.06. The zero-order valence-corrected chi connectivity index (χ0v) is 10.1. The van der Waals surface area contributed by atoms with Crippen molar-refractivity contribution < 1.29 is 0 Å². The molecule has 1 aliphatic heterocycles. The van der Waals surface area contributed by atoms with E-state index < -0.39 is 0 Å². The van der Waals surface area contributed by atoms with Crippen molar-refractivity contribution in [3.63, 3.8) is 0 Å². The van der Waals surface area contributed by atoms with Gasteiger partial charge in [-0.15, -0.1) is 11.3 Å². The molecular weight excluding hydrogens is 236 g/mol. The van der Waals surface area contributed by atoms with Gasteiger partial charge < -0.3 is 11.5 Å². The van der Waals surface area contributed by atoms with E-state index in [4.69, 9.17) is 11.5 Å². The number of nitrogen functional groups attached to an aromatic ring is 2. The summed E-state index contributed by atoms with van der Waals surface area (Å²) in [6.45, 7) is 0.754. The Morgan fingerprint density at radius 3 is 2.94 bits per heavy atom. The molecule has 88 valence electrons. The minimum absolute atomic E-state index is 0.0825. The predicted molar refractivity (Wildman–Crippen MR) is 66.3 cm³/mol. The SMILES string of the molecule is CN1Cc2nc(N)ncc2C1c1csc(N)n1. The van der Waals surface area contributed by atoms with Gasteiger partial charge in [0.2, 0.25) is 5.95 Å². The highest BCUT2D eigenvalue weighted by Gasteiger charge is 2.32. The third-order valence-corrected chi connectivity index (χ3v) is 3.57. The largest absolute Gasteiger partial charge is 0.375 e. The van der Waals surface area contributed by atoms with Gasteiger partial charge in [-0.25, -0.2) is 15.0 Å². The van der Waals surface area contributed by atoms with E-state index in [1.807, 2.05) is 12.4 Å². The molecule has 0 aromatic carbocycles. The first-order valence-corrected chi connectivity index (χ1v) is 6.05. The van der Waals surface area contributed by atoms with Gasteiger partial charge in [-0.05, 0) is 7.05 Å². The maximum atomic E-state index is 5.67. The van der Waals surface area contributed by atoms with Gasteiger partial charge in [0.1, 0.15) is 0 Å². The monoisotopic (exact) mass is 248 g/mol. The topological polar surface area (TPSA) is 94.0 Å². The van der Waals surface area contributed by atoms with Crippen LogP contribution in [0, 0.1) is 0 Å². The lowest BCUT2D eigenvalue weighted by Gasteiger charge is -2.17. The molecule has 1 aliphatic rings. The Balaban J connectivity index is 2.08. The molecule has 0 radical (unpaired) electrons. The van der Waals surface area contributed by atoms with E-state index in [1.54, 1.807) is 6.20 Å². The molecule has 0 saturated heterocycles. The normalized spacial score (nSPS) is 19.5. The fourth-order valence-corrected chi connectivity index (χ4v) is 2.75. The lowest BCUT2D eigenvalue weighted by atomic mass is 10.1. The van der Waals surface area contributed by atoms with Crippen LogP contribution in [-0.2, 0) is 6.54 Å². The molecule has 2 aromatic rings. The Morgan fingerprint density at radius 2 is 2.24 bits per heavy atom. The van der Waals surface area contributed by atoms with E-state index >= 15 is 0 Å². The maximum Gasteiger partial charge on any atom is 0.220 e. The summed E-state index contributed by atoms with van der Waals surface area (Å²) in [6.07, 6.45) is 1.78. The number of aromatic nitrogens is 3. The van der Waals surface area contributed by atoms with E-state index in [9.17, 15) is 0 Å². The highest BCUT2D eigenvalue weighted by molar-refractivity contribution is 7.13. The minimum Gasteiger partial charge on any atom is -0.375 e. The first-order valence-electron chi connectivity index (χ1n) is 5.17. The first-order chi connectivity index (χ1) is 8.15. The Morgan fingerprint density at radius 1 is 1.41 bits per heavy atom. The van der Waals surface area contributed by atoms with Crippen LogP contribution < -0.4 is 11.5 Å². The van der Waals surface area contributed by atoms with Crippen LogP contribution >= 0.6 is 11.3 Å². The molecule has 7 heteroatoms. The van der Waals surface area contributed by atoms with Crippen molar-refractivity contribution in [2.24, 2.45) is 0 Å². The number of hydrogen-bond acceptors (Lipinski definition) is 7. The van der Waals surface area contributed by atoms with Gasteiger partial charge in [-0.2, -0.15) is 0 Å². The van der Waals surface area contributed by atoms with Crippen molar-refractivity contribution in [1.82, 2.24) is 19.9 Å². The van der Waals surface area contributed by atoms with Crippen LogP contribution in [0.4, 0.5) is 11.1 Å². The molecule has 17 heavy (non-hydrogen) atoms.